The summed E-state index contributed by atoms with van der Waals surface area (Å²) in [6.07, 6.45) is 1.49. The van der Waals surface area contributed by atoms with Gasteiger partial charge in [-0.25, -0.2) is 9.59 Å². The Balaban J connectivity index is 1.55. The molecule has 32 heavy (non-hydrogen) atoms. The number of carbonyl (C=O) groups excluding carboxylic acids is 3. The lowest BCUT2D eigenvalue weighted by molar-refractivity contribution is -0.143. The summed E-state index contributed by atoms with van der Waals surface area (Å²) in [7, 11) is 0. The summed E-state index contributed by atoms with van der Waals surface area (Å²) in [5.74, 6) is -0.761. The number of fused-ring (bicyclic) bond motifs is 1. The van der Waals surface area contributed by atoms with E-state index in [1.165, 1.54) is 6.26 Å². The average molecular weight is 434 g/mol. The Bertz CT molecular complexity index is 1180. The van der Waals surface area contributed by atoms with Gasteiger partial charge in [0, 0.05) is 0 Å². The molecule has 3 aromatic rings. The number of nitrogens with one attached hydrogen (secondary N) is 2. The predicted octanol–water partition coefficient (Wildman–Crippen LogP) is 3.39. The van der Waals surface area contributed by atoms with E-state index in [0.29, 0.717) is 5.76 Å². The normalized spacial score (nSPS) is 15.8. The van der Waals surface area contributed by atoms with E-state index < -0.39 is 24.0 Å². The Morgan fingerprint density at radius 3 is 2.62 bits per heavy atom. The van der Waals surface area contributed by atoms with Gasteiger partial charge in [-0.15, -0.1) is 0 Å². The van der Waals surface area contributed by atoms with Crippen LogP contribution in [0, 0.1) is 0 Å². The molecule has 164 valence electrons. The molecule has 2 heterocycles. The molecule has 2 amide bonds. The Kier molecular flexibility index (Phi) is 6.21. The van der Waals surface area contributed by atoms with Gasteiger partial charge >= 0.3 is 18.0 Å². The van der Waals surface area contributed by atoms with Crippen LogP contribution in [-0.2, 0) is 25.5 Å². The number of esters is 2. The SMILES string of the molecule is CCOC(=O)C1=C(COC(=O)Cc2cccc3ccccc23)NC(=O)NC1c1ccco1. The first-order chi connectivity index (χ1) is 15.6. The molecule has 1 aromatic heterocycles. The molecule has 0 bridgehead atoms. The van der Waals surface area contributed by atoms with Crippen LogP contribution in [0.15, 0.2) is 76.5 Å². The fourth-order valence-electron chi connectivity index (χ4n) is 3.66. The molecular weight excluding hydrogens is 412 g/mol. The van der Waals surface area contributed by atoms with Gasteiger partial charge in [-0.05, 0) is 35.4 Å². The van der Waals surface area contributed by atoms with E-state index in [-0.39, 0.29) is 30.9 Å². The van der Waals surface area contributed by atoms with E-state index in [1.807, 2.05) is 42.5 Å². The van der Waals surface area contributed by atoms with Crippen molar-refractivity contribution < 1.29 is 28.3 Å². The number of carbonyl (C=O) groups is 3. The molecule has 0 spiro atoms. The second-order valence-corrected chi connectivity index (χ2v) is 7.14. The van der Waals surface area contributed by atoms with Gasteiger partial charge in [-0.2, -0.15) is 0 Å². The van der Waals surface area contributed by atoms with E-state index in [1.54, 1.807) is 19.1 Å². The third-order valence-corrected chi connectivity index (χ3v) is 5.07. The summed E-state index contributed by atoms with van der Waals surface area (Å²) in [5.41, 5.74) is 1.11. The third kappa shape index (κ3) is 4.49. The quantitative estimate of drug-likeness (QED) is 0.552. The van der Waals surface area contributed by atoms with Crippen LogP contribution in [0.1, 0.15) is 24.3 Å². The molecule has 1 aliphatic heterocycles. The summed E-state index contributed by atoms with van der Waals surface area (Å²) in [5, 5.41) is 7.19. The largest absolute Gasteiger partial charge is 0.467 e. The van der Waals surface area contributed by atoms with E-state index in [9.17, 15) is 14.4 Å². The van der Waals surface area contributed by atoms with Crippen molar-refractivity contribution in [3.8, 4) is 0 Å². The molecular formula is C24H22N2O6. The van der Waals surface area contributed by atoms with Crippen LogP contribution in [0.5, 0.6) is 0 Å². The number of hydrogen-bond donors (Lipinski definition) is 2. The average Bonchev–Trinajstić information content (AvgIpc) is 3.32. The zero-order valence-corrected chi connectivity index (χ0v) is 17.4. The van der Waals surface area contributed by atoms with Gasteiger partial charge in [-0.1, -0.05) is 42.5 Å². The molecule has 1 atom stereocenters. The van der Waals surface area contributed by atoms with Crippen LogP contribution in [-0.4, -0.2) is 31.2 Å². The molecule has 8 heteroatoms. The summed E-state index contributed by atoms with van der Waals surface area (Å²) in [4.78, 5) is 37.4. The van der Waals surface area contributed by atoms with Crippen molar-refractivity contribution in [3.63, 3.8) is 0 Å². The third-order valence-electron chi connectivity index (χ3n) is 5.07. The number of urea groups is 1. The van der Waals surface area contributed by atoms with Crippen LogP contribution in [0.4, 0.5) is 4.79 Å². The fourth-order valence-corrected chi connectivity index (χ4v) is 3.66. The van der Waals surface area contributed by atoms with Gasteiger partial charge < -0.3 is 24.5 Å². The number of rotatable bonds is 7. The van der Waals surface area contributed by atoms with Crippen molar-refractivity contribution in [2.45, 2.75) is 19.4 Å². The predicted molar refractivity (Wildman–Crippen MR) is 115 cm³/mol. The minimum absolute atomic E-state index is 0.0528. The van der Waals surface area contributed by atoms with Crippen molar-refractivity contribution in [2.75, 3.05) is 13.2 Å². The second kappa shape index (κ2) is 9.38. The Hall–Kier alpha value is -4.07. The highest BCUT2D eigenvalue weighted by Gasteiger charge is 2.35. The van der Waals surface area contributed by atoms with Crippen molar-refractivity contribution in [1.82, 2.24) is 10.6 Å². The molecule has 2 N–H and O–H groups in total. The van der Waals surface area contributed by atoms with Crippen LogP contribution in [0.25, 0.3) is 10.8 Å². The Morgan fingerprint density at radius 1 is 1.03 bits per heavy atom. The maximum absolute atomic E-state index is 12.6. The molecule has 1 aliphatic rings. The monoisotopic (exact) mass is 434 g/mol. The highest BCUT2D eigenvalue weighted by atomic mass is 16.5. The van der Waals surface area contributed by atoms with Crippen molar-refractivity contribution in [1.29, 1.82) is 0 Å². The number of furan rings is 1. The van der Waals surface area contributed by atoms with E-state index in [2.05, 4.69) is 10.6 Å². The maximum Gasteiger partial charge on any atom is 0.338 e. The fraction of sp³-hybridized carbons (Fsp3) is 0.208. The van der Waals surface area contributed by atoms with Crippen LogP contribution in [0.3, 0.4) is 0 Å². The van der Waals surface area contributed by atoms with Gasteiger partial charge in [-0.3, -0.25) is 4.79 Å². The molecule has 2 aromatic carbocycles. The van der Waals surface area contributed by atoms with Crippen LogP contribution in [0.2, 0.25) is 0 Å². The summed E-state index contributed by atoms with van der Waals surface area (Å²) >= 11 is 0. The van der Waals surface area contributed by atoms with Gasteiger partial charge in [0.05, 0.1) is 30.6 Å². The molecule has 0 radical (unpaired) electrons. The highest BCUT2D eigenvalue weighted by molar-refractivity contribution is 5.95. The zero-order valence-electron chi connectivity index (χ0n) is 17.4. The molecule has 0 fully saturated rings. The topological polar surface area (TPSA) is 107 Å². The minimum atomic E-state index is -0.857. The van der Waals surface area contributed by atoms with Crippen LogP contribution >= 0.6 is 0 Å². The lowest BCUT2D eigenvalue weighted by Crippen LogP contribution is -2.47. The summed E-state index contributed by atoms with van der Waals surface area (Å²) in [6.45, 7) is 1.54. The standard InChI is InChI=1S/C24H22N2O6/c1-2-30-23(28)21-18(25-24(29)26-22(21)19-11-6-12-31-19)14-32-20(27)13-16-9-5-8-15-7-3-4-10-17(15)16/h3-12,22H,2,13-14H2,1H3,(H2,25,26,29). The summed E-state index contributed by atoms with van der Waals surface area (Å²) < 4.78 is 16.0. The van der Waals surface area contributed by atoms with Crippen molar-refractivity contribution in [3.05, 3.63) is 83.5 Å². The number of hydrogen-bond acceptors (Lipinski definition) is 6. The first-order valence-corrected chi connectivity index (χ1v) is 10.2. The Labute approximate surface area is 184 Å². The maximum atomic E-state index is 12.6. The van der Waals surface area contributed by atoms with Crippen LogP contribution < -0.4 is 10.6 Å². The second-order valence-electron chi connectivity index (χ2n) is 7.14. The van der Waals surface area contributed by atoms with Crippen molar-refractivity contribution in [2.24, 2.45) is 0 Å². The van der Waals surface area contributed by atoms with E-state index in [0.717, 1.165) is 16.3 Å². The summed E-state index contributed by atoms with van der Waals surface area (Å²) in [6, 6.07) is 15.4. The molecule has 8 nitrogen and oxygen atoms in total. The Morgan fingerprint density at radius 2 is 1.84 bits per heavy atom. The smallest absolute Gasteiger partial charge is 0.338 e. The lowest BCUT2D eigenvalue weighted by Gasteiger charge is -2.27. The molecule has 0 saturated heterocycles. The lowest BCUT2D eigenvalue weighted by atomic mass is 10.0. The minimum Gasteiger partial charge on any atom is -0.467 e. The van der Waals surface area contributed by atoms with Gasteiger partial charge in [0.25, 0.3) is 0 Å². The first kappa shape index (κ1) is 21.2. The zero-order chi connectivity index (χ0) is 22.5. The molecule has 1 unspecified atom stereocenters. The highest BCUT2D eigenvalue weighted by Crippen LogP contribution is 2.28. The number of benzene rings is 2. The number of amides is 2. The first-order valence-electron chi connectivity index (χ1n) is 10.2. The van der Waals surface area contributed by atoms with E-state index >= 15 is 0 Å². The van der Waals surface area contributed by atoms with Gasteiger partial charge in [0.1, 0.15) is 18.4 Å². The molecule has 4 rings (SSSR count). The van der Waals surface area contributed by atoms with E-state index in [4.69, 9.17) is 13.9 Å². The van der Waals surface area contributed by atoms with Gasteiger partial charge in [0.2, 0.25) is 0 Å². The van der Waals surface area contributed by atoms with Gasteiger partial charge in [0.15, 0.2) is 0 Å². The molecule has 0 aliphatic carbocycles. The van der Waals surface area contributed by atoms with Crippen molar-refractivity contribution >= 4 is 28.7 Å². The molecule has 0 saturated carbocycles. The number of ether oxygens (including phenoxy) is 2.